The minimum atomic E-state index is -0.346. The molecule has 2 aromatic carbocycles. The van der Waals surface area contributed by atoms with Crippen LogP contribution in [-0.4, -0.2) is 24.7 Å². The molecule has 7 heteroatoms. The number of amides is 1. The van der Waals surface area contributed by atoms with E-state index in [1.54, 1.807) is 31.4 Å². The zero-order chi connectivity index (χ0) is 18.2. The zero-order valence-electron chi connectivity index (χ0n) is 14.4. The van der Waals surface area contributed by atoms with Crippen LogP contribution in [0.3, 0.4) is 0 Å². The Labute approximate surface area is 152 Å². The molecule has 0 saturated heterocycles. The summed E-state index contributed by atoms with van der Waals surface area (Å²) in [4.78, 5) is 11.8. The van der Waals surface area contributed by atoms with E-state index < -0.39 is 0 Å². The van der Waals surface area contributed by atoms with Gasteiger partial charge in [-0.05, 0) is 67.5 Å². The molecule has 0 bridgehead atoms. The number of rotatable bonds is 5. The van der Waals surface area contributed by atoms with Crippen molar-refractivity contribution in [3.63, 3.8) is 0 Å². The monoisotopic (exact) mass is 359 g/mol. The lowest BCUT2D eigenvalue weighted by Crippen LogP contribution is -2.45. The van der Waals surface area contributed by atoms with E-state index in [9.17, 15) is 4.79 Å². The molecule has 0 aliphatic carbocycles. The molecule has 0 saturated carbocycles. The Morgan fingerprint density at radius 3 is 2.40 bits per heavy atom. The third-order valence-electron chi connectivity index (χ3n) is 3.39. The summed E-state index contributed by atoms with van der Waals surface area (Å²) in [5, 5.41) is 3.34. The fraction of sp³-hybridized carbons (Fsp3) is 0.222. The van der Waals surface area contributed by atoms with Crippen molar-refractivity contribution in [1.82, 2.24) is 10.9 Å². The number of nitrogens with one attached hydrogen (secondary N) is 3. The molecule has 3 N–H and O–H groups in total. The van der Waals surface area contributed by atoms with Crippen LogP contribution in [0, 0.1) is 13.8 Å². The third-order valence-corrected chi connectivity index (χ3v) is 3.59. The summed E-state index contributed by atoms with van der Waals surface area (Å²) in [6, 6.07) is 13.0. The molecule has 0 unspecified atom stereocenters. The number of anilines is 1. The first-order valence-electron chi connectivity index (χ1n) is 7.68. The highest BCUT2D eigenvalue weighted by molar-refractivity contribution is 7.80. The number of carbonyl (C=O) groups excluding carboxylic acids is 1. The van der Waals surface area contributed by atoms with Gasteiger partial charge in [-0.1, -0.05) is 12.1 Å². The number of thiocarbonyl (C=S) groups is 1. The van der Waals surface area contributed by atoms with E-state index in [1.807, 2.05) is 32.0 Å². The topological polar surface area (TPSA) is 71.6 Å². The lowest BCUT2D eigenvalue weighted by atomic mass is 10.1. The molecular weight excluding hydrogens is 338 g/mol. The Balaban J connectivity index is 1.75. The van der Waals surface area contributed by atoms with E-state index in [0.717, 1.165) is 22.6 Å². The first kappa shape index (κ1) is 18.5. The van der Waals surface area contributed by atoms with Gasteiger partial charge in [0.05, 0.1) is 7.11 Å². The number of benzene rings is 2. The van der Waals surface area contributed by atoms with Gasteiger partial charge in [0, 0.05) is 5.69 Å². The van der Waals surface area contributed by atoms with Crippen LogP contribution in [0.25, 0.3) is 0 Å². The van der Waals surface area contributed by atoms with Crippen LogP contribution in [0.5, 0.6) is 11.5 Å². The van der Waals surface area contributed by atoms with Gasteiger partial charge in [0.25, 0.3) is 5.91 Å². The number of methoxy groups -OCH3 is 1. The quantitative estimate of drug-likeness (QED) is 0.563. The summed E-state index contributed by atoms with van der Waals surface area (Å²) < 4.78 is 10.4. The Bertz CT molecular complexity index is 748. The molecule has 0 aliphatic rings. The number of aryl methyl sites for hydroxylation is 2. The van der Waals surface area contributed by atoms with Gasteiger partial charge < -0.3 is 14.8 Å². The highest BCUT2D eigenvalue weighted by Gasteiger charge is 2.05. The highest BCUT2D eigenvalue weighted by atomic mass is 32.1. The van der Waals surface area contributed by atoms with E-state index in [1.165, 1.54) is 0 Å². The summed E-state index contributed by atoms with van der Waals surface area (Å²) >= 11 is 5.17. The molecule has 132 valence electrons. The van der Waals surface area contributed by atoms with Gasteiger partial charge in [0.15, 0.2) is 11.7 Å². The van der Waals surface area contributed by atoms with Crippen LogP contribution in [0.1, 0.15) is 11.1 Å². The van der Waals surface area contributed by atoms with Crippen molar-refractivity contribution in [3.05, 3.63) is 53.6 Å². The molecule has 0 heterocycles. The second kappa shape index (κ2) is 8.89. The number of hydrogen-bond donors (Lipinski definition) is 3. The van der Waals surface area contributed by atoms with Crippen LogP contribution < -0.4 is 25.6 Å². The van der Waals surface area contributed by atoms with Crippen molar-refractivity contribution < 1.29 is 14.3 Å². The SMILES string of the molecule is COc1ccc(OCC(=O)NNC(=S)Nc2cc(C)ccc2C)cc1. The minimum Gasteiger partial charge on any atom is -0.497 e. The average Bonchev–Trinajstić information content (AvgIpc) is 2.61. The number of hydrogen-bond acceptors (Lipinski definition) is 4. The number of hydrazine groups is 1. The van der Waals surface area contributed by atoms with Gasteiger partial charge in [-0.3, -0.25) is 15.6 Å². The van der Waals surface area contributed by atoms with Crippen molar-refractivity contribution in [2.45, 2.75) is 13.8 Å². The molecule has 1 amide bonds. The van der Waals surface area contributed by atoms with E-state index in [2.05, 4.69) is 16.2 Å². The summed E-state index contributed by atoms with van der Waals surface area (Å²) in [6.45, 7) is 3.84. The summed E-state index contributed by atoms with van der Waals surface area (Å²) in [6.07, 6.45) is 0. The van der Waals surface area contributed by atoms with E-state index >= 15 is 0 Å². The summed E-state index contributed by atoms with van der Waals surface area (Å²) in [5.41, 5.74) is 8.21. The molecule has 0 aromatic heterocycles. The van der Waals surface area contributed by atoms with Crippen LogP contribution in [-0.2, 0) is 4.79 Å². The minimum absolute atomic E-state index is 0.134. The molecule has 0 fully saturated rings. The van der Waals surface area contributed by atoms with Gasteiger partial charge in [0.1, 0.15) is 11.5 Å². The Kier molecular flexibility index (Phi) is 6.59. The van der Waals surface area contributed by atoms with Crippen LogP contribution in [0.4, 0.5) is 5.69 Å². The third kappa shape index (κ3) is 5.96. The van der Waals surface area contributed by atoms with Crippen molar-refractivity contribution in [1.29, 1.82) is 0 Å². The Morgan fingerprint density at radius 1 is 1.04 bits per heavy atom. The van der Waals surface area contributed by atoms with Crippen molar-refractivity contribution in [2.24, 2.45) is 0 Å². The van der Waals surface area contributed by atoms with Gasteiger partial charge in [-0.2, -0.15) is 0 Å². The zero-order valence-corrected chi connectivity index (χ0v) is 15.2. The van der Waals surface area contributed by atoms with Crippen molar-refractivity contribution in [3.8, 4) is 11.5 Å². The van der Waals surface area contributed by atoms with E-state index in [0.29, 0.717) is 10.9 Å². The van der Waals surface area contributed by atoms with Gasteiger partial charge >= 0.3 is 0 Å². The summed E-state index contributed by atoms with van der Waals surface area (Å²) in [5.74, 6) is 0.953. The fourth-order valence-corrected chi connectivity index (χ4v) is 2.17. The second-order valence-corrected chi connectivity index (χ2v) is 5.82. The molecule has 0 aliphatic heterocycles. The Hall–Kier alpha value is -2.80. The van der Waals surface area contributed by atoms with Gasteiger partial charge in [-0.15, -0.1) is 0 Å². The first-order chi connectivity index (χ1) is 12.0. The largest absolute Gasteiger partial charge is 0.497 e. The Morgan fingerprint density at radius 2 is 1.72 bits per heavy atom. The molecule has 2 rings (SSSR count). The van der Waals surface area contributed by atoms with Gasteiger partial charge in [0.2, 0.25) is 0 Å². The van der Waals surface area contributed by atoms with Crippen LogP contribution in [0.2, 0.25) is 0 Å². The van der Waals surface area contributed by atoms with Crippen molar-refractivity contribution >= 4 is 28.9 Å². The smallest absolute Gasteiger partial charge is 0.276 e. The molecule has 0 spiro atoms. The predicted molar refractivity (Wildman–Crippen MR) is 102 cm³/mol. The lowest BCUT2D eigenvalue weighted by molar-refractivity contribution is -0.123. The maximum atomic E-state index is 11.8. The molecule has 2 aromatic rings. The molecule has 25 heavy (non-hydrogen) atoms. The molecule has 6 nitrogen and oxygen atoms in total. The van der Waals surface area contributed by atoms with Gasteiger partial charge in [-0.25, -0.2) is 0 Å². The normalized spacial score (nSPS) is 9.88. The van der Waals surface area contributed by atoms with Crippen molar-refractivity contribution in [2.75, 3.05) is 19.0 Å². The molecule has 0 radical (unpaired) electrons. The first-order valence-corrected chi connectivity index (χ1v) is 8.08. The van der Waals surface area contributed by atoms with Crippen LogP contribution in [0.15, 0.2) is 42.5 Å². The number of ether oxygens (including phenoxy) is 2. The second-order valence-electron chi connectivity index (χ2n) is 5.41. The predicted octanol–water partition coefficient (Wildman–Crippen LogP) is 2.71. The maximum Gasteiger partial charge on any atom is 0.276 e. The fourth-order valence-electron chi connectivity index (χ4n) is 2.01. The maximum absolute atomic E-state index is 11.8. The van der Waals surface area contributed by atoms with Crippen LogP contribution >= 0.6 is 12.2 Å². The molecule has 0 atom stereocenters. The summed E-state index contributed by atoms with van der Waals surface area (Å²) in [7, 11) is 1.59. The highest BCUT2D eigenvalue weighted by Crippen LogP contribution is 2.17. The number of carbonyl (C=O) groups is 1. The van der Waals surface area contributed by atoms with E-state index in [4.69, 9.17) is 21.7 Å². The molecular formula is C18H21N3O3S. The van der Waals surface area contributed by atoms with E-state index in [-0.39, 0.29) is 12.5 Å². The lowest BCUT2D eigenvalue weighted by Gasteiger charge is -2.14. The standard InChI is InChI=1S/C18H21N3O3S/c1-12-4-5-13(2)16(10-12)19-18(25)21-20-17(22)11-24-15-8-6-14(23-3)7-9-15/h4-10H,11H2,1-3H3,(H,20,22)(H2,19,21,25). The average molecular weight is 359 g/mol.